The van der Waals surface area contributed by atoms with Gasteiger partial charge in [-0.05, 0) is 42.8 Å². The number of allylic oxidation sites excluding steroid dienone is 1. The second-order valence-electron chi connectivity index (χ2n) is 8.73. The van der Waals surface area contributed by atoms with Gasteiger partial charge in [0.1, 0.15) is 6.54 Å². The molecule has 0 N–H and O–H groups in total. The molecule has 0 aliphatic rings. The van der Waals surface area contributed by atoms with E-state index >= 15 is 0 Å². The number of hydrogen-bond acceptors (Lipinski definition) is 3. The Balaban J connectivity index is 1.67. The Bertz CT molecular complexity index is 1670. The van der Waals surface area contributed by atoms with Gasteiger partial charge >= 0.3 is 0 Å². The number of hydrogen-bond donors (Lipinski definition) is 0. The van der Waals surface area contributed by atoms with E-state index < -0.39 is 10.0 Å². The molecule has 5 heteroatoms. The van der Waals surface area contributed by atoms with E-state index in [1.807, 2.05) is 73.7 Å². The highest BCUT2D eigenvalue weighted by Gasteiger charge is 2.21. The average Bonchev–Trinajstić information content (AvgIpc) is 2.97. The summed E-state index contributed by atoms with van der Waals surface area (Å²) in [7, 11) is -3.95. The van der Waals surface area contributed by atoms with Gasteiger partial charge in [-0.15, -0.1) is 0 Å². The van der Waals surface area contributed by atoms with Crippen molar-refractivity contribution in [2.45, 2.75) is 18.2 Å². The van der Waals surface area contributed by atoms with Gasteiger partial charge in [-0.25, -0.2) is 12.7 Å². The minimum atomic E-state index is -3.95. The summed E-state index contributed by atoms with van der Waals surface area (Å²) in [5.41, 5.74) is 3.59. The number of carbonyl (C=O) groups excluding carboxylic acids is 1. The number of benzene rings is 4. The van der Waals surface area contributed by atoms with Crippen LogP contribution in [-0.2, 0) is 10.0 Å². The van der Waals surface area contributed by atoms with Crippen molar-refractivity contribution in [3.63, 3.8) is 0 Å². The zero-order chi connectivity index (χ0) is 27.5. The summed E-state index contributed by atoms with van der Waals surface area (Å²) in [6, 6.07) is 37.2. The molecule has 0 amide bonds. The molecule has 0 saturated heterocycles. The van der Waals surface area contributed by atoms with Crippen LogP contribution in [0.4, 0.5) is 0 Å². The number of nitrogens with zero attached hydrogens (tertiary/aromatic N) is 1. The van der Waals surface area contributed by atoms with E-state index in [2.05, 4.69) is 23.8 Å². The van der Waals surface area contributed by atoms with Crippen molar-refractivity contribution in [2.75, 3.05) is 6.54 Å². The maximum atomic E-state index is 13.5. The first-order chi connectivity index (χ1) is 18.9. The van der Waals surface area contributed by atoms with Gasteiger partial charge < -0.3 is 0 Å². The molecule has 0 aromatic heterocycles. The summed E-state index contributed by atoms with van der Waals surface area (Å²) in [5, 5.41) is 0. The van der Waals surface area contributed by atoms with Gasteiger partial charge in [0, 0.05) is 29.2 Å². The summed E-state index contributed by atoms with van der Waals surface area (Å²) in [4.78, 5) is 13.4. The van der Waals surface area contributed by atoms with Crippen LogP contribution in [0.5, 0.6) is 0 Å². The third-order valence-electron chi connectivity index (χ3n) is 5.79. The van der Waals surface area contributed by atoms with Gasteiger partial charge in [-0.3, -0.25) is 4.79 Å². The number of ketones is 1. The highest BCUT2D eigenvalue weighted by Crippen LogP contribution is 2.18. The Hall–Kier alpha value is -4.84. The standard InChI is InChI=1S/C34H27NO3S/c1-28-21-23-33(24-22-28)39(37,38)35(25-11-17-29-13-5-2-6-14-29)26-12-20-32(27-30-15-7-3-8-16-30)34(36)31-18-9-4-10-19-31/h2-10,13-16,18-19,21-24,27H,20,25H2,1H3/b32-27+. The number of carbonyl (C=O) groups is 1. The van der Waals surface area contributed by atoms with Gasteiger partial charge in [0.25, 0.3) is 10.0 Å². The van der Waals surface area contributed by atoms with Crippen molar-refractivity contribution in [3.8, 4) is 23.8 Å². The van der Waals surface area contributed by atoms with E-state index in [9.17, 15) is 13.2 Å². The largest absolute Gasteiger partial charge is 0.289 e. The van der Waals surface area contributed by atoms with E-state index in [0.717, 1.165) is 21.0 Å². The molecule has 4 aromatic carbocycles. The average molecular weight is 530 g/mol. The normalized spacial score (nSPS) is 10.9. The highest BCUT2D eigenvalue weighted by atomic mass is 32.2. The van der Waals surface area contributed by atoms with Crippen LogP contribution in [0, 0.1) is 30.7 Å². The number of Topliss-reactive ketones (excluding diaryl/α,β-unsaturated/α-hetero) is 1. The fourth-order valence-corrected chi connectivity index (χ4v) is 4.86. The molecular weight excluding hydrogens is 502 g/mol. The van der Waals surface area contributed by atoms with Gasteiger partial charge in [-0.1, -0.05) is 114 Å². The van der Waals surface area contributed by atoms with E-state index in [1.54, 1.807) is 54.6 Å². The molecule has 0 fully saturated rings. The molecular formula is C34H27NO3S. The van der Waals surface area contributed by atoms with Gasteiger partial charge in [-0.2, -0.15) is 0 Å². The fourth-order valence-electron chi connectivity index (χ4n) is 3.70. The Morgan fingerprint density at radius 3 is 2.00 bits per heavy atom. The number of rotatable bonds is 7. The Kier molecular flexibility index (Phi) is 9.14. The van der Waals surface area contributed by atoms with Crippen molar-refractivity contribution >= 4 is 21.9 Å². The van der Waals surface area contributed by atoms with Crippen LogP contribution in [0.3, 0.4) is 0 Å². The van der Waals surface area contributed by atoms with Crippen LogP contribution in [0.1, 0.15) is 33.5 Å². The zero-order valence-electron chi connectivity index (χ0n) is 21.5. The molecule has 0 radical (unpaired) electrons. The molecule has 4 aromatic rings. The van der Waals surface area contributed by atoms with E-state index in [-0.39, 0.29) is 23.6 Å². The van der Waals surface area contributed by atoms with E-state index in [4.69, 9.17) is 0 Å². The monoisotopic (exact) mass is 529 g/mol. The summed E-state index contributed by atoms with van der Waals surface area (Å²) < 4.78 is 28.0. The predicted octanol–water partition coefficient (Wildman–Crippen LogP) is 6.35. The molecule has 0 saturated carbocycles. The lowest BCUT2D eigenvalue weighted by Gasteiger charge is -2.15. The molecule has 0 aliphatic carbocycles. The minimum absolute atomic E-state index is 0.0641. The number of aryl methyl sites for hydroxylation is 1. The topological polar surface area (TPSA) is 54.5 Å². The SMILES string of the molecule is Cc1ccc(S(=O)(=O)N(C#CC/C(=C\c2ccccc2)C(=O)c2ccccc2)CC#Cc2ccccc2)cc1. The van der Waals surface area contributed by atoms with E-state index in [1.165, 1.54) is 0 Å². The summed E-state index contributed by atoms with van der Waals surface area (Å²) >= 11 is 0. The summed E-state index contributed by atoms with van der Waals surface area (Å²) in [5.74, 6) is 8.69. The maximum absolute atomic E-state index is 13.5. The molecule has 0 bridgehead atoms. The third-order valence-corrected chi connectivity index (χ3v) is 7.46. The first-order valence-electron chi connectivity index (χ1n) is 12.4. The molecule has 0 aliphatic heterocycles. The highest BCUT2D eigenvalue weighted by molar-refractivity contribution is 7.89. The molecule has 0 spiro atoms. The smallest absolute Gasteiger partial charge is 0.271 e. The molecule has 4 rings (SSSR count). The van der Waals surface area contributed by atoms with Gasteiger partial charge in [0.05, 0.1) is 4.90 Å². The molecule has 0 atom stereocenters. The van der Waals surface area contributed by atoms with Gasteiger partial charge in [0.15, 0.2) is 5.78 Å². The third kappa shape index (κ3) is 7.58. The first-order valence-corrected chi connectivity index (χ1v) is 13.8. The fraction of sp³-hybridized carbons (Fsp3) is 0.0882. The molecule has 0 heterocycles. The van der Waals surface area contributed by atoms with Crippen LogP contribution in [0.25, 0.3) is 6.08 Å². The van der Waals surface area contributed by atoms with Crippen molar-refractivity contribution < 1.29 is 13.2 Å². The molecule has 4 nitrogen and oxygen atoms in total. The molecule has 0 unspecified atom stereocenters. The lowest BCUT2D eigenvalue weighted by atomic mass is 9.99. The van der Waals surface area contributed by atoms with Crippen LogP contribution >= 0.6 is 0 Å². The summed E-state index contributed by atoms with van der Waals surface area (Å²) in [6.07, 6.45) is 1.85. The van der Waals surface area contributed by atoms with Crippen molar-refractivity contribution in [2.24, 2.45) is 0 Å². The lowest BCUT2D eigenvalue weighted by Crippen LogP contribution is -2.27. The van der Waals surface area contributed by atoms with E-state index in [0.29, 0.717) is 11.1 Å². The zero-order valence-corrected chi connectivity index (χ0v) is 22.4. The Labute approximate surface area is 230 Å². The van der Waals surface area contributed by atoms with Crippen molar-refractivity contribution in [3.05, 3.63) is 143 Å². The second kappa shape index (κ2) is 13.1. The van der Waals surface area contributed by atoms with Crippen LogP contribution in [0.2, 0.25) is 0 Å². The Morgan fingerprint density at radius 1 is 0.769 bits per heavy atom. The molecule has 39 heavy (non-hydrogen) atoms. The predicted molar refractivity (Wildman–Crippen MR) is 156 cm³/mol. The maximum Gasteiger partial charge on any atom is 0.271 e. The quantitative estimate of drug-likeness (QED) is 0.121. The van der Waals surface area contributed by atoms with Crippen molar-refractivity contribution in [1.29, 1.82) is 0 Å². The van der Waals surface area contributed by atoms with Crippen LogP contribution in [0.15, 0.2) is 126 Å². The first kappa shape index (κ1) is 27.2. The molecule has 192 valence electrons. The number of sulfonamides is 1. The van der Waals surface area contributed by atoms with Crippen LogP contribution in [-0.4, -0.2) is 25.1 Å². The summed E-state index contributed by atoms with van der Waals surface area (Å²) in [6.45, 7) is 1.77. The lowest BCUT2D eigenvalue weighted by molar-refractivity contribution is 0.103. The Morgan fingerprint density at radius 2 is 1.36 bits per heavy atom. The minimum Gasteiger partial charge on any atom is -0.289 e. The van der Waals surface area contributed by atoms with Crippen molar-refractivity contribution in [1.82, 2.24) is 4.31 Å². The van der Waals surface area contributed by atoms with Crippen LogP contribution < -0.4 is 0 Å². The van der Waals surface area contributed by atoms with Gasteiger partial charge in [0.2, 0.25) is 0 Å². The second-order valence-corrected chi connectivity index (χ2v) is 10.6.